The van der Waals surface area contributed by atoms with Crippen LogP contribution >= 0.6 is 23.4 Å². The molecule has 21 heavy (non-hydrogen) atoms. The molecule has 0 unspecified atom stereocenters. The summed E-state index contributed by atoms with van der Waals surface area (Å²) in [5.74, 6) is 0.686. The number of para-hydroxylation sites is 1. The molecule has 0 aliphatic heterocycles. The van der Waals surface area contributed by atoms with Gasteiger partial charge in [0, 0.05) is 21.7 Å². The first-order valence-corrected chi connectivity index (χ1v) is 7.85. The third-order valence-electron chi connectivity index (χ3n) is 3.17. The molecule has 0 amide bonds. The summed E-state index contributed by atoms with van der Waals surface area (Å²) in [4.78, 5) is 15.8. The van der Waals surface area contributed by atoms with Gasteiger partial charge in [0.25, 0.3) is 0 Å². The molecule has 2 aromatic carbocycles. The molecular weight excluding hydrogens is 302 g/mol. The van der Waals surface area contributed by atoms with Crippen molar-refractivity contribution in [2.24, 2.45) is 0 Å². The van der Waals surface area contributed by atoms with E-state index in [2.05, 4.69) is 4.98 Å². The number of carbonyl (C=O) groups excluding carboxylic acids is 1. The average Bonchev–Trinajstić information content (AvgIpc) is 2.53. The van der Waals surface area contributed by atoms with E-state index in [1.165, 1.54) is 11.8 Å². The average molecular weight is 314 g/mol. The monoisotopic (exact) mass is 313 g/mol. The van der Waals surface area contributed by atoms with Gasteiger partial charge in [-0.1, -0.05) is 48.0 Å². The Bertz CT molecular complexity index is 804. The SMILES string of the molecule is O=Cc1cc2ccccc2nc1SCc1ccccc1Cl. The van der Waals surface area contributed by atoms with E-state index < -0.39 is 0 Å². The zero-order valence-electron chi connectivity index (χ0n) is 11.1. The highest BCUT2D eigenvalue weighted by Crippen LogP contribution is 2.29. The molecule has 0 aliphatic carbocycles. The van der Waals surface area contributed by atoms with Gasteiger partial charge in [0.05, 0.1) is 5.52 Å². The highest BCUT2D eigenvalue weighted by Gasteiger charge is 2.08. The maximum Gasteiger partial charge on any atom is 0.152 e. The quantitative estimate of drug-likeness (QED) is 0.502. The lowest BCUT2D eigenvalue weighted by Gasteiger charge is -2.07. The maximum atomic E-state index is 11.3. The smallest absolute Gasteiger partial charge is 0.152 e. The first kappa shape index (κ1) is 14.1. The summed E-state index contributed by atoms with van der Waals surface area (Å²) < 4.78 is 0. The Morgan fingerprint density at radius 3 is 2.67 bits per heavy atom. The molecular formula is C17H12ClNOS. The number of halogens is 1. The summed E-state index contributed by atoms with van der Waals surface area (Å²) >= 11 is 7.68. The molecule has 1 aromatic heterocycles. The second-order valence-corrected chi connectivity index (χ2v) is 5.94. The first-order chi connectivity index (χ1) is 10.3. The molecule has 0 saturated heterocycles. The van der Waals surface area contributed by atoms with Crippen LogP contribution in [0.1, 0.15) is 15.9 Å². The number of pyridine rings is 1. The third-order valence-corrected chi connectivity index (χ3v) is 4.59. The number of fused-ring (bicyclic) bond motifs is 1. The van der Waals surface area contributed by atoms with Crippen LogP contribution in [0.5, 0.6) is 0 Å². The van der Waals surface area contributed by atoms with Crippen LogP contribution in [0.4, 0.5) is 0 Å². The van der Waals surface area contributed by atoms with Crippen molar-refractivity contribution >= 4 is 40.6 Å². The van der Waals surface area contributed by atoms with E-state index in [4.69, 9.17) is 11.6 Å². The Labute approximate surface area is 132 Å². The Kier molecular flexibility index (Phi) is 4.23. The van der Waals surface area contributed by atoms with Crippen LogP contribution in [-0.2, 0) is 5.75 Å². The zero-order chi connectivity index (χ0) is 14.7. The molecule has 0 radical (unpaired) electrons. The van der Waals surface area contributed by atoms with E-state index in [0.29, 0.717) is 11.3 Å². The zero-order valence-corrected chi connectivity index (χ0v) is 12.7. The lowest BCUT2D eigenvalue weighted by Crippen LogP contribution is -1.92. The summed E-state index contributed by atoms with van der Waals surface area (Å²) in [5, 5.41) is 2.45. The van der Waals surface area contributed by atoms with Gasteiger partial charge in [-0.05, 0) is 23.8 Å². The van der Waals surface area contributed by atoms with Crippen LogP contribution in [0.2, 0.25) is 5.02 Å². The molecule has 0 fully saturated rings. The fourth-order valence-corrected chi connectivity index (χ4v) is 3.34. The Morgan fingerprint density at radius 1 is 1.10 bits per heavy atom. The lowest BCUT2D eigenvalue weighted by atomic mass is 10.2. The van der Waals surface area contributed by atoms with Gasteiger partial charge >= 0.3 is 0 Å². The summed E-state index contributed by atoms with van der Waals surface area (Å²) in [6.07, 6.45) is 0.856. The van der Waals surface area contributed by atoms with Crippen molar-refractivity contribution in [1.82, 2.24) is 4.98 Å². The number of aldehydes is 1. The van der Waals surface area contributed by atoms with Gasteiger partial charge in [0.15, 0.2) is 6.29 Å². The molecule has 1 heterocycles. The number of hydrogen-bond acceptors (Lipinski definition) is 3. The predicted molar refractivity (Wildman–Crippen MR) is 88.1 cm³/mol. The maximum absolute atomic E-state index is 11.3. The van der Waals surface area contributed by atoms with E-state index in [1.807, 2.05) is 54.6 Å². The Morgan fingerprint density at radius 2 is 1.86 bits per heavy atom. The summed E-state index contributed by atoms with van der Waals surface area (Å²) in [6, 6.07) is 17.4. The number of hydrogen-bond donors (Lipinski definition) is 0. The third kappa shape index (κ3) is 3.09. The number of aromatic nitrogens is 1. The van der Waals surface area contributed by atoms with Crippen molar-refractivity contribution in [1.29, 1.82) is 0 Å². The number of thioether (sulfide) groups is 1. The topological polar surface area (TPSA) is 30.0 Å². The van der Waals surface area contributed by atoms with Gasteiger partial charge in [-0.3, -0.25) is 4.79 Å². The van der Waals surface area contributed by atoms with E-state index in [1.54, 1.807) is 0 Å². The van der Waals surface area contributed by atoms with Crippen LogP contribution in [-0.4, -0.2) is 11.3 Å². The normalized spacial score (nSPS) is 10.7. The van der Waals surface area contributed by atoms with E-state index in [0.717, 1.165) is 32.8 Å². The fraction of sp³-hybridized carbons (Fsp3) is 0.0588. The van der Waals surface area contributed by atoms with Gasteiger partial charge in [0.2, 0.25) is 0 Å². The number of rotatable bonds is 4. The Hall–Kier alpha value is -1.84. The molecule has 4 heteroatoms. The van der Waals surface area contributed by atoms with Crippen molar-refractivity contribution in [3.8, 4) is 0 Å². The lowest BCUT2D eigenvalue weighted by molar-refractivity contribution is 0.112. The summed E-state index contributed by atoms with van der Waals surface area (Å²) in [5.41, 5.74) is 2.55. The van der Waals surface area contributed by atoms with E-state index in [-0.39, 0.29) is 0 Å². The van der Waals surface area contributed by atoms with E-state index >= 15 is 0 Å². The van der Waals surface area contributed by atoms with Crippen molar-refractivity contribution in [3.05, 3.63) is 70.7 Å². The minimum Gasteiger partial charge on any atom is -0.298 e. The standard InChI is InChI=1S/C17H12ClNOS/c18-15-7-3-1-6-13(15)11-21-17-14(10-20)9-12-5-2-4-8-16(12)19-17/h1-10H,11H2. The first-order valence-electron chi connectivity index (χ1n) is 6.49. The van der Waals surface area contributed by atoms with Gasteiger partial charge in [-0.25, -0.2) is 4.98 Å². The Balaban J connectivity index is 1.92. The van der Waals surface area contributed by atoms with Gasteiger partial charge in [-0.15, -0.1) is 11.8 Å². The van der Waals surface area contributed by atoms with Crippen molar-refractivity contribution in [3.63, 3.8) is 0 Å². The molecule has 0 atom stereocenters. The van der Waals surface area contributed by atoms with Crippen LogP contribution in [0, 0.1) is 0 Å². The minimum atomic E-state index is 0.616. The molecule has 0 spiro atoms. The number of carbonyl (C=O) groups is 1. The van der Waals surface area contributed by atoms with Crippen LogP contribution < -0.4 is 0 Å². The molecule has 2 nitrogen and oxygen atoms in total. The van der Waals surface area contributed by atoms with Crippen molar-refractivity contribution < 1.29 is 4.79 Å². The second kappa shape index (κ2) is 6.29. The van der Waals surface area contributed by atoms with Crippen LogP contribution in [0.25, 0.3) is 10.9 Å². The van der Waals surface area contributed by atoms with Crippen LogP contribution in [0.15, 0.2) is 59.6 Å². The largest absolute Gasteiger partial charge is 0.298 e. The molecule has 3 rings (SSSR count). The van der Waals surface area contributed by atoms with Crippen molar-refractivity contribution in [2.45, 2.75) is 10.8 Å². The van der Waals surface area contributed by atoms with Gasteiger partial charge in [0.1, 0.15) is 5.03 Å². The van der Waals surface area contributed by atoms with Gasteiger partial charge < -0.3 is 0 Å². The molecule has 0 N–H and O–H groups in total. The number of benzene rings is 2. The highest BCUT2D eigenvalue weighted by molar-refractivity contribution is 7.98. The summed E-state index contributed by atoms with van der Waals surface area (Å²) in [7, 11) is 0. The summed E-state index contributed by atoms with van der Waals surface area (Å²) in [6.45, 7) is 0. The van der Waals surface area contributed by atoms with E-state index in [9.17, 15) is 4.79 Å². The van der Waals surface area contributed by atoms with Crippen LogP contribution in [0.3, 0.4) is 0 Å². The van der Waals surface area contributed by atoms with Gasteiger partial charge in [-0.2, -0.15) is 0 Å². The minimum absolute atomic E-state index is 0.616. The molecule has 3 aromatic rings. The molecule has 0 bridgehead atoms. The number of nitrogens with zero attached hydrogens (tertiary/aromatic N) is 1. The molecule has 0 aliphatic rings. The second-order valence-electron chi connectivity index (χ2n) is 4.57. The fourth-order valence-electron chi connectivity index (χ4n) is 2.08. The highest BCUT2D eigenvalue weighted by atomic mass is 35.5. The van der Waals surface area contributed by atoms with Crippen molar-refractivity contribution in [2.75, 3.05) is 0 Å². The predicted octanol–water partition coefficient (Wildman–Crippen LogP) is 4.99. The molecule has 104 valence electrons. The molecule has 0 saturated carbocycles.